The molecule has 0 aromatic rings. The van der Waals surface area contributed by atoms with Gasteiger partial charge in [0.25, 0.3) is 0 Å². The summed E-state index contributed by atoms with van der Waals surface area (Å²) in [6.45, 7) is 12.1. The molecule has 0 aromatic carbocycles. The SMILES string of the molecule is CCNCC1(CN(C)C(CC)CC)CCOCC1. The summed E-state index contributed by atoms with van der Waals surface area (Å²) in [5.74, 6) is 0. The summed E-state index contributed by atoms with van der Waals surface area (Å²) in [6.07, 6.45) is 4.90. The van der Waals surface area contributed by atoms with Crippen molar-refractivity contribution in [2.24, 2.45) is 5.41 Å². The lowest BCUT2D eigenvalue weighted by molar-refractivity contribution is -0.00700. The smallest absolute Gasteiger partial charge is 0.0472 e. The van der Waals surface area contributed by atoms with Crippen LogP contribution in [0.5, 0.6) is 0 Å². The van der Waals surface area contributed by atoms with Crippen molar-refractivity contribution in [2.75, 3.05) is 39.9 Å². The van der Waals surface area contributed by atoms with Crippen LogP contribution in [0.3, 0.4) is 0 Å². The van der Waals surface area contributed by atoms with E-state index in [9.17, 15) is 0 Å². The van der Waals surface area contributed by atoms with Crippen LogP contribution in [-0.2, 0) is 4.74 Å². The van der Waals surface area contributed by atoms with Crippen molar-refractivity contribution in [2.45, 2.75) is 52.5 Å². The average molecular weight is 256 g/mol. The van der Waals surface area contributed by atoms with Crippen molar-refractivity contribution in [1.29, 1.82) is 0 Å². The van der Waals surface area contributed by atoms with Gasteiger partial charge in [0, 0.05) is 32.3 Å². The first-order chi connectivity index (χ1) is 8.67. The van der Waals surface area contributed by atoms with Crippen LogP contribution >= 0.6 is 0 Å². The Morgan fingerprint density at radius 3 is 2.28 bits per heavy atom. The standard InChI is InChI=1S/C15H32N2O/c1-5-14(6-2)17(4)13-15(12-16-7-3)8-10-18-11-9-15/h14,16H,5-13H2,1-4H3. The predicted octanol–water partition coefficient (Wildman–Crippen LogP) is 2.51. The second-order valence-corrected chi connectivity index (χ2v) is 5.78. The summed E-state index contributed by atoms with van der Waals surface area (Å²) in [5.41, 5.74) is 0.422. The van der Waals surface area contributed by atoms with Gasteiger partial charge in [-0.1, -0.05) is 20.8 Å². The number of hydrogen-bond donors (Lipinski definition) is 1. The Kier molecular flexibility index (Phi) is 7.20. The predicted molar refractivity (Wildman–Crippen MR) is 78.0 cm³/mol. The molecule has 0 aliphatic carbocycles. The summed E-state index contributed by atoms with van der Waals surface area (Å²) in [4.78, 5) is 2.57. The highest BCUT2D eigenvalue weighted by molar-refractivity contribution is 4.87. The number of ether oxygens (including phenoxy) is 1. The lowest BCUT2D eigenvalue weighted by Crippen LogP contribution is -2.48. The minimum atomic E-state index is 0.422. The number of nitrogens with zero attached hydrogens (tertiary/aromatic N) is 1. The minimum absolute atomic E-state index is 0.422. The van der Waals surface area contributed by atoms with Crippen LogP contribution in [0.25, 0.3) is 0 Å². The monoisotopic (exact) mass is 256 g/mol. The van der Waals surface area contributed by atoms with Gasteiger partial charge in [0.2, 0.25) is 0 Å². The largest absolute Gasteiger partial charge is 0.381 e. The van der Waals surface area contributed by atoms with E-state index in [0.29, 0.717) is 5.41 Å². The molecule has 1 fully saturated rings. The minimum Gasteiger partial charge on any atom is -0.381 e. The molecule has 1 N–H and O–H groups in total. The van der Waals surface area contributed by atoms with Gasteiger partial charge in [0.15, 0.2) is 0 Å². The highest BCUT2D eigenvalue weighted by atomic mass is 16.5. The van der Waals surface area contributed by atoms with Gasteiger partial charge in [-0.25, -0.2) is 0 Å². The Morgan fingerprint density at radius 2 is 1.78 bits per heavy atom. The first-order valence-corrected chi connectivity index (χ1v) is 7.66. The molecule has 0 atom stereocenters. The summed E-state index contributed by atoms with van der Waals surface area (Å²) in [5, 5.41) is 3.56. The van der Waals surface area contributed by atoms with E-state index in [4.69, 9.17) is 4.74 Å². The van der Waals surface area contributed by atoms with Crippen LogP contribution < -0.4 is 5.32 Å². The molecule has 1 aliphatic rings. The van der Waals surface area contributed by atoms with Crippen molar-refractivity contribution in [3.05, 3.63) is 0 Å². The normalized spacial score (nSPS) is 19.7. The van der Waals surface area contributed by atoms with Crippen molar-refractivity contribution in [1.82, 2.24) is 10.2 Å². The second-order valence-electron chi connectivity index (χ2n) is 5.78. The number of hydrogen-bond acceptors (Lipinski definition) is 3. The first-order valence-electron chi connectivity index (χ1n) is 7.66. The maximum absolute atomic E-state index is 5.55. The Morgan fingerprint density at radius 1 is 1.17 bits per heavy atom. The third-order valence-corrected chi connectivity index (χ3v) is 4.45. The van der Waals surface area contributed by atoms with Crippen LogP contribution in [0.4, 0.5) is 0 Å². The van der Waals surface area contributed by atoms with E-state index in [-0.39, 0.29) is 0 Å². The Bertz CT molecular complexity index is 211. The molecule has 0 unspecified atom stereocenters. The maximum atomic E-state index is 5.55. The Labute approximate surface area is 113 Å². The van der Waals surface area contributed by atoms with E-state index in [0.717, 1.165) is 32.3 Å². The van der Waals surface area contributed by atoms with Crippen LogP contribution in [0, 0.1) is 5.41 Å². The molecule has 1 aliphatic heterocycles. The Hall–Kier alpha value is -0.120. The molecule has 0 aromatic heterocycles. The molecule has 0 spiro atoms. The molecule has 3 heteroatoms. The van der Waals surface area contributed by atoms with Crippen molar-refractivity contribution in [3.8, 4) is 0 Å². The van der Waals surface area contributed by atoms with Crippen molar-refractivity contribution >= 4 is 0 Å². The van der Waals surface area contributed by atoms with E-state index >= 15 is 0 Å². The molecule has 0 amide bonds. The van der Waals surface area contributed by atoms with Crippen LogP contribution in [0.2, 0.25) is 0 Å². The maximum Gasteiger partial charge on any atom is 0.0472 e. The summed E-state index contributed by atoms with van der Waals surface area (Å²) < 4.78 is 5.55. The van der Waals surface area contributed by atoms with Gasteiger partial charge >= 0.3 is 0 Å². The van der Waals surface area contributed by atoms with E-state index in [1.165, 1.54) is 32.2 Å². The average Bonchev–Trinajstić information content (AvgIpc) is 2.39. The molecular weight excluding hydrogens is 224 g/mol. The fourth-order valence-corrected chi connectivity index (χ4v) is 3.16. The Balaban J connectivity index is 2.59. The van der Waals surface area contributed by atoms with Gasteiger partial charge in [0.05, 0.1) is 0 Å². The quantitative estimate of drug-likeness (QED) is 0.722. The molecule has 0 radical (unpaired) electrons. The lowest BCUT2D eigenvalue weighted by atomic mass is 9.79. The number of rotatable bonds is 8. The first kappa shape index (κ1) is 15.9. The lowest BCUT2D eigenvalue weighted by Gasteiger charge is -2.42. The summed E-state index contributed by atoms with van der Waals surface area (Å²) >= 11 is 0. The zero-order chi connectivity index (χ0) is 13.4. The molecule has 3 nitrogen and oxygen atoms in total. The van der Waals surface area contributed by atoms with E-state index < -0.39 is 0 Å². The van der Waals surface area contributed by atoms with E-state index in [2.05, 4.69) is 38.0 Å². The fraction of sp³-hybridized carbons (Fsp3) is 1.00. The van der Waals surface area contributed by atoms with Gasteiger partial charge in [-0.3, -0.25) is 0 Å². The topological polar surface area (TPSA) is 24.5 Å². The van der Waals surface area contributed by atoms with Crippen molar-refractivity contribution in [3.63, 3.8) is 0 Å². The van der Waals surface area contributed by atoms with Gasteiger partial charge in [-0.05, 0) is 44.7 Å². The molecule has 0 saturated carbocycles. The molecule has 18 heavy (non-hydrogen) atoms. The van der Waals surface area contributed by atoms with E-state index in [1.807, 2.05) is 0 Å². The zero-order valence-corrected chi connectivity index (χ0v) is 12.8. The second kappa shape index (κ2) is 8.13. The molecule has 1 saturated heterocycles. The van der Waals surface area contributed by atoms with Gasteiger partial charge in [-0.15, -0.1) is 0 Å². The fourth-order valence-electron chi connectivity index (χ4n) is 3.16. The van der Waals surface area contributed by atoms with Gasteiger partial charge in [0.1, 0.15) is 0 Å². The number of nitrogens with one attached hydrogen (secondary N) is 1. The van der Waals surface area contributed by atoms with Gasteiger partial charge < -0.3 is 15.0 Å². The molecule has 1 heterocycles. The van der Waals surface area contributed by atoms with Gasteiger partial charge in [-0.2, -0.15) is 0 Å². The summed E-state index contributed by atoms with van der Waals surface area (Å²) in [7, 11) is 2.29. The van der Waals surface area contributed by atoms with Crippen molar-refractivity contribution < 1.29 is 4.74 Å². The van der Waals surface area contributed by atoms with E-state index in [1.54, 1.807) is 0 Å². The third-order valence-electron chi connectivity index (χ3n) is 4.45. The zero-order valence-electron chi connectivity index (χ0n) is 12.8. The molecule has 0 bridgehead atoms. The molecular formula is C15H32N2O. The summed E-state index contributed by atoms with van der Waals surface area (Å²) in [6, 6.07) is 0.728. The molecule has 1 rings (SSSR count). The third kappa shape index (κ3) is 4.52. The van der Waals surface area contributed by atoms with Crippen LogP contribution in [0.1, 0.15) is 46.5 Å². The highest BCUT2D eigenvalue weighted by Gasteiger charge is 2.34. The molecule has 108 valence electrons. The van der Waals surface area contributed by atoms with Crippen LogP contribution in [-0.4, -0.2) is 50.8 Å². The highest BCUT2D eigenvalue weighted by Crippen LogP contribution is 2.31. The van der Waals surface area contributed by atoms with Crippen LogP contribution in [0.15, 0.2) is 0 Å².